The van der Waals surface area contributed by atoms with Crippen LogP contribution >= 0.6 is 0 Å². The Labute approximate surface area is 99.4 Å². The quantitative estimate of drug-likeness (QED) is 0.374. The van der Waals surface area contributed by atoms with Crippen molar-refractivity contribution >= 4 is 16.1 Å². The minimum absolute atomic E-state index is 0.0834. The first-order valence-electron chi connectivity index (χ1n) is 4.85. The molecular weight excluding hydrogens is 240 g/mol. The average molecular weight is 252 g/mol. The second-order valence-electron chi connectivity index (χ2n) is 3.23. The molecule has 17 heavy (non-hydrogen) atoms. The van der Waals surface area contributed by atoms with Crippen molar-refractivity contribution in [2.45, 2.75) is 11.3 Å². The van der Waals surface area contributed by atoms with Crippen molar-refractivity contribution in [1.82, 2.24) is 0 Å². The highest BCUT2D eigenvalue weighted by atomic mass is 32.2. The lowest BCUT2D eigenvalue weighted by atomic mass is 10.2. The van der Waals surface area contributed by atoms with Gasteiger partial charge in [0, 0.05) is 11.5 Å². The second kappa shape index (κ2) is 6.05. The largest absolute Gasteiger partial charge is 0.238 e. The SMILES string of the molecule is [N-]=[N+]=NCCC=Cc1ccccc1S(N)(=O)=O. The molecule has 0 saturated heterocycles. The molecule has 2 N–H and O–H groups in total. The van der Waals surface area contributed by atoms with Gasteiger partial charge in [-0.15, -0.1) is 0 Å². The number of sulfonamides is 1. The molecule has 0 spiro atoms. The van der Waals surface area contributed by atoms with Crippen molar-refractivity contribution in [3.63, 3.8) is 0 Å². The molecule has 0 heterocycles. The molecule has 0 atom stereocenters. The topological polar surface area (TPSA) is 109 Å². The first kappa shape index (κ1) is 13.2. The van der Waals surface area contributed by atoms with Gasteiger partial charge in [0.25, 0.3) is 0 Å². The Morgan fingerprint density at radius 1 is 1.41 bits per heavy atom. The van der Waals surface area contributed by atoms with Gasteiger partial charge >= 0.3 is 0 Å². The molecule has 1 aromatic rings. The van der Waals surface area contributed by atoms with E-state index in [1.54, 1.807) is 30.4 Å². The second-order valence-corrected chi connectivity index (χ2v) is 4.76. The smallest absolute Gasteiger partial charge is 0.225 e. The number of rotatable bonds is 5. The van der Waals surface area contributed by atoms with E-state index in [2.05, 4.69) is 10.0 Å². The number of nitrogens with two attached hydrogens (primary N) is 1. The number of nitrogens with zero attached hydrogens (tertiary/aromatic N) is 3. The van der Waals surface area contributed by atoms with Gasteiger partial charge in [0.15, 0.2) is 0 Å². The molecule has 0 aliphatic rings. The maximum Gasteiger partial charge on any atom is 0.238 e. The zero-order chi connectivity index (χ0) is 12.7. The van der Waals surface area contributed by atoms with Gasteiger partial charge in [-0.3, -0.25) is 0 Å². The van der Waals surface area contributed by atoms with Gasteiger partial charge in [0.1, 0.15) is 0 Å². The van der Waals surface area contributed by atoms with Gasteiger partial charge in [0.05, 0.1) is 4.90 Å². The highest BCUT2D eigenvalue weighted by Gasteiger charge is 2.10. The Morgan fingerprint density at radius 3 is 2.76 bits per heavy atom. The van der Waals surface area contributed by atoms with Crippen LogP contribution < -0.4 is 5.14 Å². The standard InChI is InChI=1S/C10H12N4O2S/c11-14-13-8-4-3-6-9-5-1-2-7-10(9)17(12,15)16/h1-3,5-7H,4,8H2,(H2,12,15,16). The average Bonchev–Trinajstić information content (AvgIpc) is 2.28. The zero-order valence-electron chi connectivity index (χ0n) is 9.02. The maximum atomic E-state index is 11.3. The lowest BCUT2D eigenvalue weighted by Crippen LogP contribution is -2.13. The van der Waals surface area contributed by atoms with Crippen LogP contribution in [0.15, 0.2) is 40.4 Å². The highest BCUT2D eigenvalue weighted by Crippen LogP contribution is 2.15. The third-order valence-corrected chi connectivity index (χ3v) is 2.97. The molecule has 0 unspecified atom stereocenters. The molecule has 90 valence electrons. The molecule has 0 radical (unpaired) electrons. The summed E-state index contributed by atoms with van der Waals surface area (Å²) in [6.45, 7) is 0.338. The van der Waals surface area contributed by atoms with E-state index in [1.807, 2.05) is 0 Å². The Hall–Kier alpha value is -1.82. The van der Waals surface area contributed by atoms with Crippen LogP contribution in [-0.2, 0) is 10.0 Å². The Kier molecular flexibility index (Phi) is 4.71. The van der Waals surface area contributed by atoms with E-state index in [0.717, 1.165) is 0 Å². The summed E-state index contributed by atoms with van der Waals surface area (Å²) in [5, 5.41) is 8.44. The van der Waals surface area contributed by atoms with Gasteiger partial charge in [-0.1, -0.05) is 35.5 Å². The number of hydrogen-bond donors (Lipinski definition) is 1. The minimum atomic E-state index is -3.71. The van der Waals surface area contributed by atoms with Gasteiger partial charge in [0.2, 0.25) is 10.0 Å². The zero-order valence-corrected chi connectivity index (χ0v) is 9.84. The molecule has 1 aromatic carbocycles. The van der Waals surface area contributed by atoms with Crippen molar-refractivity contribution < 1.29 is 8.42 Å². The van der Waals surface area contributed by atoms with E-state index in [0.29, 0.717) is 18.5 Å². The van der Waals surface area contributed by atoms with Crippen LogP contribution in [0.2, 0.25) is 0 Å². The van der Waals surface area contributed by atoms with Crippen LogP contribution in [0, 0.1) is 0 Å². The Morgan fingerprint density at radius 2 is 2.12 bits per heavy atom. The summed E-state index contributed by atoms with van der Waals surface area (Å²) in [6, 6.07) is 6.44. The molecular formula is C10H12N4O2S. The number of primary sulfonamides is 1. The van der Waals surface area contributed by atoms with Gasteiger partial charge < -0.3 is 0 Å². The lowest BCUT2D eigenvalue weighted by molar-refractivity contribution is 0.597. The van der Waals surface area contributed by atoms with E-state index in [1.165, 1.54) is 6.07 Å². The van der Waals surface area contributed by atoms with Crippen molar-refractivity contribution in [3.8, 4) is 0 Å². The normalized spacial score (nSPS) is 11.4. The van der Waals surface area contributed by atoms with Crippen LogP contribution in [0.5, 0.6) is 0 Å². The third-order valence-electron chi connectivity index (χ3n) is 1.98. The molecule has 7 heteroatoms. The molecule has 0 bridgehead atoms. The van der Waals surface area contributed by atoms with Crippen molar-refractivity contribution in [2.24, 2.45) is 10.3 Å². The fourth-order valence-electron chi connectivity index (χ4n) is 1.26. The molecule has 0 saturated carbocycles. The molecule has 0 aliphatic carbocycles. The van der Waals surface area contributed by atoms with Crippen LogP contribution in [0.3, 0.4) is 0 Å². The van der Waals surface area contributed by atoms with E-state index in [9.17, 15) is 8.42 Å². The number of benzene rings is 1. The van der Waals surface area contributed by atoms with E-state index < -0.39 is 10.0 Å². The maximum absolute atomic E-state index is 11.3. The summed E-state index contributed by atoms with van der Waals surface area (Å²) < 4.78 is 22.5. The van der Waals surface area contributed by atoms with Gasteiger partial charge in [-0.25, -0.2) is 13.6 Å². The molecule has 0 fully saturated rings. The summed E-state index contributed by atoms with van der Waals surface area (Å²) in [6.07, 6.45) is 3.92. The Bertz CT molecular complexity index is 559. The summed E-state index contributed by atoms with van der Waals surface area (Å²) in [7, 11) is -3.71. The molecule has 6 nitrogen and oxygen atoms in total. The van der Waals surface area contributed by atoms with Gasteiger partial charge in [-0.2, -0.15) is 0 Å². The lowest BCUT2D eigenvalue weighted by Gasteiger charge is -2.02. The fourth-order valence-corrected chi connectivity index (χ4v) is 2.00. The summed E-state index contributed by atoms with van der Waals surface area (Å²) in [5.74, 6) is 0. The monoisotopic (exact) mass is 252 g/mol. The molecule has 0 aromatic heterocycles. The van der Waals surface area contributed by atoms with E-state index in [4.69, 9.17) is 10.7 Å². The van der Waals surface area contributed by atoms with Crippen LogP contribution in [0.4, 0.5) is 0 Å². The summed E-state index contributed by atoms with van der Waals surface area (Å²) in [5.41, 5.74) is 8.60. The summed E-state index contributed by atoms with van der Waals surface area (Å²) >= 11 is 0. The number of hydrogen-bond acceptors (Lipinski definition) is 3. The van der Waals surface area contributed by atoms with Crippen molar-refractivity contribution in [3.05, 3.63) is 46.3 Å². The van der Waals surface area contributed by atoms with Crippen LogP contribution in [0.25, 0.3) is 16.5 Å². The van der Waals surface area contributed by atoms with E-state index in [-0.39, 0.29) is 4.90 Å². The number of azide groups is 1. The van der Waals surface area contributed by atoms with Crippen LogP contribution in [-0.4, -0.2) is 15.0 Å². The minimum Gasteiger partial charge on any atom is -0.225 e. The predicted octanol–water partition coefficient (Wildman–Crippen LogP) is 2.05. The first-order chi connectivity index (χ1) is 8.05. The molecule has 0 aliphatic heterocycles. The van der Waals surface area contributed by atoms with Gasteiger partial charge in [-0.05, 0) is 23.6 Å². The van der Waals surface area contributed by atoms with Crippen LogP contribution in [0.1, 0.15) is 12.0 Å². The predicted molar refractivity (Wildman–Crippen MR) is 65.5 cm³/mol. The molecule has 0 amide bonds. The summed E-state index contributed by atoms with van der Waals surface area (Å²) in [4.78, 5) is 2.70. The fraction of sp³-hybridized carbons (Fsp3) is 0.200. The van der Waals surface area contributed by atoms with Crippen molar-refractivity contribution in [1.29, 1.82) is 0 Å². The third kappa shape index (κ3) is 4.28. The van der Waals surface area contributed by atoms with E-state index >= 15 is 0 Å². The Balaban J connectivity index is 2.88. The first-order valence-corrected chi connectivity index (χ1v) is 6.39. The van der Waals surface area contributed by atoms with Crippen molar-refractivity contribution in [2.75, 3.05) is 6.54 Å². The highest BCUT2D eigenvalue weighted by molar-refractivity contribution is 7.89. The molecule has 1 rings (SSSR count).